The SMILES string of the molecule is CCc1ncc(CN(C)CCOC)cc1C#N. The first kappa shape index (κ1) is 13.6. The molecule has 1 aromatic heterocycles. The quantitative estimate of drug-likeness (QED) is 0.748. The number of aryl methyl sites for hydroxylation is 1. The fourth-order valence-corrected chi connectivity index (χ4v) is 1.64. The number of rotatable bonds is 6. The summed E-state index contributed by atoms with van der Waals surface area (Å²) in [7, 11) is 3.72. The molecular formula is C13H19N3O. The standard InChI is InChI=1S/C13H19N3O/c1-4-13-12(8-14)7-11(9-15-13)10-16(2)5-6-17-3/h7,9H,4-6,10H2,1-3H3. The Kier molecular flexibility index (Phi) is 5.61. The minimum Gasteiger partial charge on any atom is -0.383 e. The predicted octanol–water partition coefficient (Wildman–Crippen LogP) is 1.59. The minimum atomic E-state index is 0.685. The van der Waals surface area contributed by atoms with E-state index in [9.17, 15) is 0 Å². The van der Waals surface area contributed by atoms with Crippen molar-refractivity contribution in [1.29, 1.82) is 5.26 Å². The first-order valence-electron chi connectivity index (χ1n) is 5.76. The highest BCUT2D eigenvalue weighted by Gasteiger charge is 2.05. The number of hydrogen-bond acceptors (Lipinski definition) is 4. The Bertz CT molecular complexity index is 398. The van der Waals surface area contributed by atoms with Crippen molar-refractivity contribution >= 4 is 0 Å². The van der Waals surface area contributed by atoms with E-state index >= 15 is 0 Å². The summed E-state index contributed by atoms with van der Waals surface area (Å²) in [6, 6.07) is 4.12. The zero-order valence-corrected chi connectivity index (χ0v) is 10.7. The highest BCUT2D eigenvalue weighted by molar-refractivity contribution is 5.35. The lowest BCUT2D eigenvalue weighted by Crippen LogP contribution is -2.22. The number of nitrogens with zero attached hydrogens (tertiary/aromatic N) is 3. The lowest BCUT2D eigenvalue weighted by Gasteiger charge is -2.16. The van der Waals surface area contributed by atoms with Gasteiger partial charge in [0.15, 0.2) is 0 Å². The van der Waals surface area contributed by atoms with Gasteiger partial charge in [0.05, 0.1) is 17.9 Å². The van der Waals surface area contributed by atoms with Crippen LogP contribution in [-0.2, 0) is 17.7 Å². The molecule has 1 aromatic rings. The van der Waals surface area contributed by atoms with Crippen molar-refractivity contribution in [3.05, 3.63) is 29.1 Å². The van der Waals surface area contributed by atoms with Gasteiger partial charge >= 0.3 is 0 Å². The Hall–Kier alpha value is -1.44. The highest BCUT2D eigenvalue weighted by Crippen LogP contribution is 2.10. The molecule has 0 saturated heterocycles. The molecule has 0 amide bonds. The van der Waals surface area contributed by atoms with E-state index in [1.54, 1.807) is 7.11 Å². The van der Waals surface area contributed by atoms with Gasteiger partial charge in [0.2, 0.25) is 0 Å². The molecule has 0 atom stereocenters. The van der Waals surface area contributed by atoms with E-state index in [2.05, 4.69) is 16.0 Å². The van der Waals surface area contributed by atoms with Crippen LogP contribution >= 0.6 is 0 Å². The van der Waals surface area contributed by atoms with Crippen LogP contribution in [0.2, 0.25) is 0 Å². The average molecular weight is 233 g/mol. The second-order valence-electron chi connectivity index (χ2n) is 4.03. The van der Waals surface area contributed by atoms with Crippen LogP contribution in [0.4, 0.5) is 0 Å². The molecule has 0 N–H and O–H groups in total. The van der Waals surface area contributed by atoms with Gasteiger partial charge in [0.1, 0.15) is 6.07 Å². The van der Waals surface area contributed by atoms with Crippen LogP contribution in [0.15, 0.2) is 12.3 Å². The fraction of sp³-hybridized carbons (Fsp3) is 0.538. The van der Waals surface area contributed by atoms with Crippen molar-refractivity contribution in [3.8, 4) is 6.07 Å². The molecule has 0 aromatic carbocycles. The molecule has 4 heteroatoms. The van der Waals surface area contributed by atoms with Crippen molar-refractivity contribution in [2.75, 3.05) is 27.3 Å². The van der Waals surface area contributed by atoms with Crippen LogP contribution in [0, 0.1) is 11.3 Å². The number of methoxy groups -OCH3 is 1. The summed E-state index contributed by atoms with van der Waals surface area (Å²) in [4.78, 5) is 6.47. The summed E-state index contributed by atoms with van der Waals surface area (Å²) in [6.07, 6.45) is 2.64. The maximum atomic E-state index is 9.03. The highest BCUT2D eigenvalue weighted by atomic mass is 16.5. The summed E-state index contributed by atoms with van der Waals surface area (Å²) in [5.74, 6) is 0. The predicted molar refractivity (Wildman–Crippen MR) is 66.5 cm³/mol. The minimum absolute atomic E-state index is 0.685. The van der Waals surface area contributed by atoms with E-state index < -0.39 is 0 Å². The van der Waals surface area contributed by atoms with Gasteiger partial charge in [-0.1, -0.05) is 6.92 Å². The second kappa shape index (κ2) is 7.00. The summed E-state index contributed by atoms with van der Waals surface area (Å²) in [5, 5.41) is 9.03. The molecule has 0 radical (unpaired) electrons. The number of hydrogen-bond donors (Lipinski definition) is 0. The van der Waals surface area contributed by atoms with Gasteiger partial charge in [0, 0.05) is 26.4 Å². The zero-order chi connectivity index (χ0) is 12.7. The van der Waals surface area contributed by atoms with Gasteiger partial charge in [-0.3, -0.25) is 9.88 Å². The molecule has 0 aliphatic heterocycles. The third-order valence-electron chi connectivity index (χ3n) is 2.61. The second-order valence-corrected chi connectivity index (χ2v) is 4.03. The van der Waals surface area contributed by atoms with E-state index in [1.807, 2.05) is 26.2 Å². The van der Waals surface area contributed by atoms with Gasteiger partial charge < -0.3 is 4.74 Å². The first-order valence-corrected chi connectivity index (χ1v) is 5.76. The molecule has 0 aliphatic rings. The Labute approximate surface area is 103 Å². The number of ether oxygens (including phenoxy) is 1. The van der Waals surface area contributed by atoms with Gasteiger partial charge in [-0.25, -0.2) is 0 Å². The molecule has 4 nitrogen and oxygen atoms in total. The zero-order valence-electron chi connectivity index (χ0n) is 10.7. The lowest BCUT2D eigenvalue weighted by atomic mass is 10.1. The van der Waals surface area contributed by atoms with E-state index in [-0.39, 0.29) is 0 Å². The van der Waals surface area contributed by atoms with Crippen LogP contribution in [0.25, 0.3) is 0 Å². The Balaban J connectivity index is 2.69. The molecule has 0 saturated carbocycles. The monoisotopic (exact) mass is 233 g/mol. The molecule has 0 bridgehead atoms. The summed E-state index contributed by atoms with van der Waals surface area (Å²) < 4.78 is 5.02. The third kappa shape index (κ3) is 4.14. The van der Waals surface area contributed by atoms with Gasteiger partial charge in [-0.2, -0.15) is 5.26 Å². The van der Waals surface area contributed by atoms with Crippen molar-refractivity contribution in [2.24, 2.45) is 0 Å². The molecule has 0 aliphatic carbocycles. The van der Waals surface area contributed by atoms with E-state index in [4.69, 9.17) is 10.00 Å². The topological polar surface area (TPSA) is 49.2 Å². The largest absolute Gasteiger partial charge is 0.383 e. The number of pyridine rings is 1. The van der Waals surface area contributed by atoms with Crippen molar-refractivity contribution in [3.63, 3.8) is 0 Å². The van der Waals surface area contributed by atoms with E-state index in [1.165, 1.54) is 0 Å². The molecule has 92 valence electrons. The molecule has 1 rings (SSSR count). The maximum absolute atomic E-state index is 9.03. The van der Waals surface area contributed by atoms with E-state index in [0.29, 0.717) is 12.2 Å². The molecular weight excluding hydrogens is 214 g/mol. The van der Waals surface area contributed by atoms with Crippen LogP contribution < -0.4 is 0 Å². The van der Waals surface area contributed by atoms with Crippen LogP contribution in [-0.4, -0.2) is 37.2 Å². The Morgan fingerprint density at radius 1 is 1.53 bits per heavy atom. The molecule has 0 fully saturated rings. The molecule has 0 spiro atoms. The van der Waals surface area contributed by atoms with Crippen molar-refractivity contribution < 1.29 is 4.74 Å². The normalized spacial score (nSPS) is 10.5. The Morgan fingerprint density at radius 2 is 2.29 bits per heavy atom. The molecule has 1 heterocycles. The smallest absolute Gasteiger partial charge is 0.101 e. The number of likely N-dealkylation sites (N-methyl/N-ethyl adjacent to an activating group) is 1. The van der Waals surface area contributed by atoms with E-state index in [0.717, 1.165) is 30.8 Å². The molecule has 0 unspecified atom stereocenters. The number of aromatic nitrogens is 1. The summed E-state index contributed by atoms with van der Waals surface area (Å²) in [5.41, 5.74) is 2.62. The summed E-state index contributed by atoms with van der Waals surface area (Å²) in [6.45, 7) is 4.37. The number of nitriles is 1. The van der Waals surface area contributed by atoms with Gasteiger partial charge in [0.25, 0.3) is 0 Å². The fourth-order valence-electron chi connectivity index (χ4n) is 1.64. The Morgan fingerprint density at radius 3 is 2.88 bits per heavy atom. The van der Waals surface area contributed by atoms with Gasteiger partial charge in [-0.15, -0.1) is 0 Å². The van der Waals surface area contributed by atoms with Crippen LogP contribution in [0.1, 0.15) is 23.7 Å². The third-order valence-corrected chi connectivity index (χ3v) is 2.61. The van der Waals surface area contributed by atoms with Crippen molar-refractivity contribution in [1.82, 2.24) is 9.88 Å². The molecule has 17 heavy (non-hydrogen) atoms. The lowest BCUT2D eigenvalue weighted by molar-refractivity contribution is 0.158. The maximum Gasteiger partial charge on any atom is 0.101 e. The first-order chi connectivity index (χ1) is 8.21. The average Bonchev–Trinajstić information content (AvgIpc) is 2.36. The van der Waals surface area contributed by atoms with Gasteiger partial charge in [-0.05, 0) is 25.1 Å². The van der Waals surface area contributed by atoms with Crippen molar-refractivity contribution in [2.45, 2.75) is 19.9 Å². The summed E-state index contributed by atoms with van der Waals surface area (Å²) >= 11 is 0. The van der Waals surface area contributed by atoms with Crippen LogP contribution in [0.3, 0.4) is 0 Å². The van der Waals surface area contributed by atoms with Crippen LogP contribution in [0.5, 0.6) is 0 Å².